The van der Waals surface area contributed by atoms with Crippen LogP contribution in [-0.2, 0) is 17.6 Å². The number of carbonyl (C=O) groups excluding carboxylic acids is 1. The maximum absolute atomic E-state index is 12.0. The van der Waals surface area contributed by atoms with Gasteiger partial charge in [0.2, 0.25) is 0 Å². The van der Waals surface area contributed by atoms with Crippen LogP contribution in [0.1, 0.15) is 53.0 Å². The third-order valence-corrected chi connectivity index (χ3v) is 4.66. The van der Waals surface area contributed by atoms with E-state index in [2.05, 4.69) is 27.0 Å². The Morgan fingerprint density at radius 1 is 1.33 bits per heavy atom. The second kappa shape index (κ2) is 7.57. The van der Waals surface area contributed by atoms with Crippen LogP contribution in [0.4, 0.5) is 0 Å². The number of carbonyl (C=O) groups is 1. The summed E-state index contributed by atoms with van der Waals surface area (Å²) in [6.45, 7) is 4.23. The molecule has 0 saturated carbocycles. The zero-order chi connectivity index (χ0) is 16.9. The van der Waals surface area contributed by atoms with Gasteiger partial charge in [-0.25, -0.2) is 4.79 Å². The Balaban J connectivity index is 1.88. The van der Waals surface area contributed by atoms with Crippen molar-refractivity contribution in [3.8, 4) is 0 Å². The Labute approximate surface area is 142 Å². The van der Waals surface area contributed by atoms with Crippen LogP contribution in [0.25, 0.3) is 0 Å². The number of piperidine rings is 1. The number of methoxy groups -OCH3 is 1. The number of nitrogens with one attached hydrogen (secondary N) is 1. The number of esters is 1. The van der Waals surface area contributed by atoms with Gasteiger partial charge in [-0.15, -0.1) is 0 Å². The predicted molar refractivity (Wildman–Crippen MR) is 91.1 cm³/mol. The van der Waals surface area contributed by atoms with E-state index in [9.17, 15) is 4.79 Å². The molecule has 0 radical (unpaired) electrons. The Morgan fingerprint density at radius 2 is 2.12 bits per heavy atom. The van der Waals surface area contributed by atoms with Crippen LogP contribution in [-0.4, -0.2) is 40.9 Å². The predicted octanol–water partition coefficient (Wildman–Crippen LogP) is 2.14. The zero-order valence-electron chi connectivity index (χ0n) is 14.3. The topological polar surface area (TPSA) is 69.0 Å². The van der Waals surface area contributed by atoms with Gasteiger partial charge in [0.1, 0.15) is 0 Å². The van der Waals surface area contributed by atoms with E-state index in [0.29, 0.717) is 18.0 Å². The summed E-state index contributed by atoms with van der Waals surface area (Å²) in [6.07, 6.45) is 9.08. The molecule has 0 amide bonds. The zero-order valence-corrected chi connectivity index (χ0v) is 14.3. The van der Waals surface area contributed by atoms with Crippen LogP contribution in [0, 0.1) is 0 Å². The molecule has 3 heterocycles. The van der Waals surface area contributed by atoms with Crippen molar-refractivity contribution in [2.24, 2.45) is 0 Å². The number of hydrogen-bond donors (Lipinski definition) is 1. The minimum atomic E-state index is -0.323. The first-order valence-corrected chi connectivity index (χ1v) is 8.51. The average Bonchev–Trinajstić information content (AvgIpc) is 3.05. The highest BCUT2D eigenvalue weighted by molar-refractivity contribution is 5.90. The maximum atomic E-state index is 12.0. The fraction of sp³-hybridized carbons (Fsp3) is 0.500. The SMILES string of the molecule is CCc1c(Cc2cnccc2C(=O)OC)cnn1C1CCNCC1. The van der Waals surface area contributed by atoms with Crippen molar-refractivity contribution >= 4 is 5.97 Å². The highest BCUT2D eigenvalue weighted by Crippen LogP contribution is 2.24. The number of rotatable bonds is 5. The minimum Gasteiger partial charge on any atom is -0.465 e. The molecule has 0 unspecified atom stereocenters. The number of pyridine rings is 1. The molecule has 1 aliphatic heterocycles. The van der Waals surface area contributed by atoms with Crippen molar-refractivity contribution in [1.29, 1.82) is 0 Å². The average molecular weight is 328 g/mol. The molecule has 1 aliphatic rings. The molecule has 1 saturated heterocycles. The summed E-state index contributed by atoms with van der Waals surface area (Å²) in [5.74, 6) is -0.323. The molecule has 6 nitrogen and oxygen atoms in total. The van der Waals surface area contributed by atoms with E-state index >= 15 is 0 Å². The fourth-order valence-corrected chi connectivity index (χ4v) is 3.41. The molecule has 128 valence electrons. The maximum Gasteiger partial charge on any atom is 0.338 e. The summed E-state index contributed by atoms with van der Waals surface area (Å²) in [6, 6.07) is 2.17. The van der Waals surface area contributed by atoms with Crippen molar-refractivity contribution in [2.75, 3.05) is 20.2 Å². The lowest BCUT2D eigenvalue weighted by Crippen LogP contribution is -2.30. The van der Waals surface area contributed by atoms with E-state index in [1.54, 1.807) is 18.5 Å². The van der Waals surface area contributed by atoms with Crippen molar-refractivity contribution < 1.29 is 9.53 Å². The summed E-state index contributed by atoms with van der Waals surface area (Å²) in [5, 5.41) is 8.05. The number of ether oxygens (including phenoxy) is 1. The van der Waals surface area contributed by atoms with E-state index in [0.717, 1.165) is 43.5 Å². The Hall–Kier alpha value is -2.21. The Kier molecular flexibility index (Phi) is 5.25. The molecule has 0 aromatic carbocycles. The molecule has 24 heavy (non-hydrogen) atoms. The minimum absolute atomic E-state index is 0.323. The van der Waals surface area contributed by atoms with Gasteiger partial charge < -0.3 is 10.1 Å². The van der Waals surface area contributed by atoms with Gasteiger partial charge in [-0.05, 0) is 49.5 Å². The molecular weight excluding hydrogens is 304 g/mol. The van der Waals surface area contributed by atoms with E-state index < -0.39 is 0 Å². The molecule has 0 aliphatic carbocycles. The lowest BCUT2D eigenvalue weighted by atomic mass is 10.0. The van der Waals surface area contributed by atoms with Crippen LogP contribution >= 0.6 is 0 Å². The summed E-state index contributed by atoms with van der Waals surface area (Å²) >= 11 is 0. The van der Waals surface area contributed by atoms with Gasteiger partial charge in [0.25, 0.3) is 0 Å². The molecule has 2 aromatic rings. The van der Waals surface area contributed by atoms with E-state index in [1.807, 2.05) is 6.20 Å². The fourth-order valence-electron chi connectivity index (χ4n) is 3.41. The van der Waals surface area contributed by atoms with Crippen molar-refractivity contribution in [3.63, 3.8) is 0 Å². The van der Waals surface area contributed by atoms with Gasteiger partial charge in [-0.2, -0.15) is 5.10 Å². The summed E-state index contributed by atoms with van der Waals surface area (Å²) in [7, 11) is 1.40. The van der Waals surface area contributed by atoms with Crippen molar-refractivity contribution in [2.45, 2.75) is 38.6 Å². The second-order valence-electron chi connectivity index (χ2n) is 6.10. The molecule has 6 heteroatoms. The normalized spacial score (nSPS) is 15.4. The molecular formula is C18H24N4O2. The van der Waals surface area contributed by atoms with Crippen LogP contribution in [0.5, 0.6) is 0 Å². The smallest absolute Gasteiger partial charge is 0.338 e. The van der Waals surface area contributed by atoms with Gasteiger partial charge in [-0.1, -0.05) is 6.92 Å². The second-order valence-corrected chi connectivity index (χ2v) is 6.10. The van der Waals surface area contributed by atoms with Gasteiger partial charge in [0.05, 0.1) is 24.9 Å². The third kappa shape index (κ3) is 3.33. The van der Waals surface area contributed by atoms with Crippen molar-refractivity contribution in [1.82, 2.24) is 20.1 Å². The lowest BCUT2D eigenvalue weighted by molar-refractivity contribution is 0.0599. The highest BCUT2D eigenvalue weighted by Gasteiger charge is 2.21. The number of aromatic nitrogens is 3. The van der Waals surface area contributed by atoms with Gasteiger partial charge in [-0.3, -0.25) is 9.67 Å². The first kappa shape index (κ1) is 16.6. The summed E-state index contributed by atoms with van der Waals surface area (Å²) < 4.78 is 7.06. The Morgan fingerprint density at radius 3 is 2.83 bits per heavy atom. The standard InChI is InChI=1S/C18H24N4O2/c1-3-17-14(12-21-22(17)15-4-7-19-8-5-15)10-13-11-20-9-6-16(13)18(23)24-2/h6,9,11-12,15,19H,3-5,7-8,10H2,1-2H3. The molecule has 0 bridgehead atoms. The van der Waals surface area contributed by atoms with E-state index in [1.165, 1.54) is 12.8 Å². The third-order valence-electron chi connectivity index (χ3n) is 4.66. The molecule has 0 spiro atoms. The monoisotopic (exact) mass is 328 g/mol. The van der Waals surface area contributed by atoms with Crippen molar-refractivity contribution in [3.05, 3.63) is 47.0 Å². The molecule has 1 fully saturated rings. The van der Waals surface area contributed by atoms with Gasteiger partial charge in [0.15, 0.2) is 0 Å². The highest BCUT2D eigenvalue weighted by atomic mass is 16.5. The largest absolute Gasteiger partial charge is 0.465 e. The van der Waals surface area contributed by atoms with Gasteiger partial charge >= 0.3 is 5.97 Å². The first-order chi connectivity index (χ1) is 11.7. The van der Waals surface area contributed by atoms with Crippen LogP contribution < -0.4 is 5.32 Å². The first-order valence-electron chi connectivity index (χ1n) is 8.51. The summed E-state index contributed by atoms with van der Waals surface area (Å²) in [4.78, 5) is 16.1. The quantitative estimate of drug-likeness (QED) is 0.852. The lowest BCUT2D eigenvalue weighted by Gasteiger charge is -2.25. The van der Waals surface area contributed by atoms with Crippen LogP contribution in [0.3, 0.4) is 0 Å². The summed E-state index contributed by atoms with van der Waals surface area (Å²) in [5.41, 5.74) is 3.86. The molecule has 3 rings (SSSR count). The van der Waals surface area contributed by atoms with E-state index in [-0.39, 0.29) is 5.97 Å². The molecule has 0 atom stereocenters. The van der Waals surface area contributed by atoms with Crippen LogP contribution in [0.2, 0.25) is 0 Å². The number of nitrogens with zero attached hydrogens (tertiary/aromatic N) is 3. The molecule has 2 aromatic heterocycles. The Bertz CT molecular complexity index is 705. The van der Waals surface area contributed by atoms with Gasteiger partial charge in [0, 0.05) is 24.5 Å². The molecule has 1 N–H and O–H groups in total. The van der Waals surface area contributed by atoms with Crippen LogP contribution in [0.15, 0.2) is 24.7 Å². The van der Waals surface area contributed by atoms with E-state index in [4.69, 9.17) is 4.74 Å². The number of hydrogen-bond acceptors (Lipinski definition) is 5.